The zero-order valence-electron chi connectivity index (χ0n) is 18.0. The van der Waals surface area contributed by atoms with Crippen LogP contribution in [0.15, 0.2) is 42.5 Å². The lowest BCUT2D eigenvalue weighted by molar-refractivity contribution is -0.384. The van der Waals surface area contributed by atoms with Crippen LogP contribution in [0.5, 0.6) is 0 Å². The third-order valence-electron chi connectivity index (χ3n) is 7.76. The Labute approximate surface area is 189 Å². The maximum Gasteiger partial charge on any atom is 0.271 e. The van der Waals surface area contributed by atoms with Crippen LogP contribution >= 0.6 is 0 Å². The molecule has 6 rings (SSSR count). The number of carbonyl (C=O) groups is 3. The van der Waals surface area contributed by atoms with Gasteiger partial charge in [0.05, 0.1) is 22.4 Å². The Balaban J connectivity index is 1.54. The highest BCUT2D eigenvalue weighted by Crippen LogP contribution is 2.60. The van der Waals surface area contributed by atoms with E-state index in [1.165, 1.54) is 24.3 Å². The van der Waals surface area contributed by atoms with Crippen LogP contribution in [-0.4, -0.2) is 40.1 Å². The minimum atomic E-state index is -1.24. The summed E-state index contributed by atoms with van der Waals surface area (Å²) in [7, 11) is 0. The summed E-state index contributed by atoms with van der Waals surface area (Å²) in [5.41, 5.74) is 1.23. The summed E-state index contributed by atoms with van der Waals surface area (Å²) in [4.78, 5) is 55.1. The standard InChI is InChI=1S/C24H22N4O5/c1-2-13-8-9-17-16(11-13)24(23(31)25-17)20-19(18-7-4-10-26(18)24)21(29)27(22(20)30)14-5-3-6-15(12-14)28(32)33/h3,5-6,8-9,11-12,18-20H,2,4,7,10H2,1H3,(H,25,31)/t18-,19-,20+,24+/m1/s1. The second-order valence-corrected chi connectivity index (χ2v) is 9.15. The number of anilines is 2. The summed E-state index contributed by atoms with van der Waals surface area (Å²) in [6.07, 6.45) is 2.34. The van der Waals surface area contributed by atoms with Gasteiger partial charge >= 0.3 is 0 Å². The molecular weight excluding hydrogens is 424 g/mol. The number of rotatable bonds is 3. The second kappa shape index (κ2) is 6.71. The first-order chi connectivity index (χ1) is 15.9. The quantitative estimate of drug-likeness (QED) is 0.441. The molecule has 9 nitrogen and oxygen atoms in total. The molecule has 0 radical (unpaired) electrons. The number of fused-ring (bicyclic) bond motifs is 7. The summed E-state index contributed by atoms with van der Waals surface area (Å²) in [6.45, 7) is 2.67. The number of imide groups is 1. The number of benzene rings is 2. The summed E-state index contributed by atoms with van der Waals surface area (Å²) >= 11 is 0. The maximum absolute atomic E-state index is 13.9. The largest absolute Gasteiger partial charge is 0.324 e. The van der Waals surface area contributed by atoms with E-state index in [0.29, 0.717) is 12.2 Å². The van der Waals surface area contributed by atoms with Crippen molar-refractivity contribution in [2.45, 2.75) is 37.8 Å². The molecule has 2 aromatic rings. The van der Waals surface area contributed by atoms with Crippen molar-refractivity contribution in [1.29, 1.82) is 0 Å². The van der Waals surface area contributed by atoms with Crippen molar-refractivity contribution in [1.82, 2.24) is 4.90 Å². The van der Waals surface area contributed by atoms with Gasteiger partial charge in [-0.05, 0) is 43.5 Å². The molecule has 168 valence electrons. The van der Waals surface area contributed by atoms with E-state index in [4.69, 9.17) is 0 Å². The highest BCUT2D eigenvalue weighted by molar-refractivity contribution is 6.26. The molecular formula is C24H22N4O5. The molecule has 33 heavy (non-hydrogen) atoms. The van der Waals surface area contributed by atoms with Crippen molar-refractivity contribution in [3.8, 4) is 0 Å². The van der Waals surface area contributed by atoms with E-state index < -0.39 is 28.2 Å². The molecule has 0 aromatic heterocycles. The van der Waals surface area contributed by atoms with E-state index >= 15 is 0 Å². The molecule has 3 saturated heterocycles. The highest BCUT2D eigenvalue weighted by Gasteiger charge is 2.74. The molecule has 0 aliphatic carbocycles. The third kappa shape index (κ3) is 2.37. The van der Waals surface area contributed by atoms with Gasteiger partial charge in [-0.1, -0.05) is 25.1 Å². The molecule has 3 fully saturated rings. The molecule has 1 spiro atoms. The van der Waals surface area contributed by atoms with E-state index in [1.807, 2.05) is 25.1 Å². The maximum atomic E-state index is 13.9. The minimum Gasteiger partial charge on any atom is -0.324 e. The molecule has 0 unspecified atom stereocenters. The number of nitrogens with one attached hydrogen (secondary N) is 1. The van der Waals surface area contributed by atoms with Crippen LogP contribution in [0.4, 0.5) is 17.1 Å². The number of aryl methyl sites for hydroxylation is 1. The first-order valence-corrected chi connectivity index (χ1v) is 11.2. The van der Waals surface area contributed by atoms with E-state index in [-0.39, 0.29) is 29.2 Å². The molecule has 4 aliphatic heterocycles. The predicted octanol–water partition coefficient (Wildman–Crippen LogP) is 2.59. The van der Waals surface area contributed by atoms with E-state index in [1.54, 1.807) is 0 Å². The molecule has 3 amide bonds. The number of carbonyl (C=O) groups excluding carboxylic acids is 3. The van der Waals surface area contributed by atoms with Gasteiger partial charge in [0.2, 0.25) is 17.7 Å². The van der Waals surface area contributed by atoms with Crippen molar-refractivity contribution in [3.63, 3.8) is 0 Å². The van der Waals surface area contributed by atoms with Gasteiger partial charge in [-0.15, -0.1) is 0 Å². The summed E-state index contributed by atoms with van der Waals surface area (Å²) in [6, 6.07) is 11.2. The number of nitrogens with zero attached hydrogens (tertiary/aromatic N) is 3. The Morgan fingerprint density at radius 3 is 2.73 bits per heavy atom. The summed E-state index contributed by atoms with van der Waals surface area (Å²) in [5.74, 6) is -2.66. The van der Waals surface area contributed by atoms with Gasteiger partial charge in [-0.3, -0.25) is 29.4 Å². The SMILES string of the molecule is CCc1ccc2c(c1)[C@@]1(C(=O)N2)[C@@H]2C(=O)N(c3cccc([N+](=O)[O-])c3)C(=O)[C@@H]2[C@H]2CCCN21. The Morgan fingerprint density at radius 2 is 1.97 bits per heavy atom. The average Bonchev–Trinajstić information content (AvgIpc) is 3.51. The summed E-state index contributed by atoms with van der Waals surface area (Å²) < 4.78 is 0. The van der Waals surface area contributed by atoms with Gasteiger partial charge in [0.1, 0.15) is 5.54 Å². The lowest BCUT2D eigenvalue weighted by atomic mass is 9.75. The molecule has 9 heteroatoms. The second-order valence-electron chi connectivity index (χ2n) is 9.15. The van der Waals surface area contributed by atoms with E-state index in [2.05, 4.69) is 10.2 Å². The molecule has 4 aliphatic rings. The van der Waals surface area contributed by atoms with Gasteiger partial charge in [0.15, 0.2) is 0 Å². The fraction of sp³-hybridized carbons (Fsp3) is 0.375. The first-order valence-electron chi connectivity index (χ1n) is 11.2. The van der Waals surface area contributed by atoms with Crippen molar-refractivity contribution in [2.24, 2.45) is 11.8 Å². The van der Waals surface area contributed by atoms with E-state index in [9.17, 15) is 24.5 Å². The zero-order valence-corrected chi connectivity index (χ0v) is 18.0. The van der Waals surface area contributed by atoms with Crippen molar-refractivity contribution in [3.05, 3.63) is 63.7 Å². The number of nitro groups is 1. The van der Waals surface area contributed by atoms with Gasteiger partial charge in [-0.25, -0.2) is 4.90 Å². The number of hydrogen-bond donors (Lipinski definition) is 1. The lowest BCUT2D eigenvalue weighted by Crippen LogP contribution is -2.54. The molecule has 4 heterocycles. The Morgan fingerprint density at radius 1 is 1.15 bits per heavy atom. The highest BCUT2D eigenvalue weighted by atomic mass is 16.6. The summed E-state index contributed by atoms with van der Waals surface area (Å²) in [5, 5.41) is 14.2. The smallest absolute Gasteiger partial charge is 0.271 e. The number of hydrogen-bond acceptors (Lipinski definition) is 6. The molecule has 0 saturated carbocycles. The van der Waals surface area contributed by atoms with Crippen LogP contribution in [0.3, 0.4) is 0 Å². The van der Waals surface area contributed by atoms with Crippen molar-refractivity contribution in [2.75, 3.05) is 16.8 Å². The van der Waals surface area contributed by atoms with Crippen molar-refractivity contribution >= 4 is 34.8 Å². The van der Waals surface area contributed by atoms with Crippen LogP contribution in [-0.2, 0) is 26.3 Å². The molecule has 2 aromatic carbocycles. The van der Waals surface area contributed by atoms with Gasteiger partial charge < -0.3 is 5.32 Å². The lowest BCUT2D eigenvalue weighted by Gasteiger charge is -2.36. The fourth-order valence-corrected chi connectivity index (χ4v) is 6.47. The number of nitro benzene ring substituents is 1. The molecule has 0 bridgehead atoms. The predicted molar refractivity (Wildman–Crippen MR) is 118 cm³/mol. The molecule has 4 atom stereocenters. The topological polar surface area (TPSA) is 113 Å². The average molecular weight is 446 g/mol. The third-order valence-corrected chi connectivity index (χ3v) is 7.76. The first kappa shape index (κ1) is 20.0. The zero-order chi connectivity index (χ0) is 23.1. The Bertz CT molecular complexity index is 1260. The fourth-order valence-electron chi connectivity index (χ4n) is 6.47. The Kier molecular flexibility index (Phi) is 4.08. The van der Waals surface area contributed by atoms with Gasteiger partial charge in [0.25, 0.3) is 5.69 Å². The molecule has 1 N–H and O–H groups in total. The monoisotopic (exact) mass is 446 g/mol. The minimum absolute atomic E-state index is 0.175. The normalized spacial score (nSPS) is 30.0. The number of amides is 3. The van der Waals surface area contributed by atoms with Gasteiger partial charge in [-0.2, -0.15) is 0 Å². The van der Waals surface area contributed by atoms with Crippen LogP contribution in [0, 0.1) is 22.0 Å². The number of non-ortho nitro benzene ring substituents is 1. The van der Waals surface area contributed by atoms with Crippen LogP contribution in [0.2, 0.25) is 0 Å². The Hall–Kier alpha value is -3.59. The van der Waals surface area contributed by atoms with Crippen LogP contribution in [0.1, 0.15) is 30.9 Å². The van der Waals surface area contributed by atoms with Crippen molar-refractivity contribution < 1.29 is 19.3 Å². The van der Waals surface area contributed by atoms with Gasteiger partial charge in [0, 0.05) is 29.4 Å². The van der Waals surface area contributed by atoms with Crippen LogP contribution in [0.25, 0.3) is 0 Å². The van der Waals surface area contributed by atoms with E-state index in [0.717, 1.165) is 35.3 Å². The van der Waals surface area contributed by atoms with Crippen LogP contribution < -0.4 is 10.2 Å².